The zero-order chi connectivity index (χ0) is 20.6. The molecule has 28 heavy (non-hydrogen) atoms. The predicted octanol–water partition coefficient (Wildman–Crippen LogP) is 4.31. The fourth-order valence-electron chi connectivity index (χ4n) is 2.06. The fourth-order valence-corrected chi connectivity index (χ4v) is 2.84. The SMILES string of the molecule is Cc1ccc(CSCC(=O)OCC(=O)Nc2ccc(OC(F)(F)F)cc2)cc1. The van der Waals surface area contributed by atoms with Crippen molar-refractivity contribution in [2.45, 2.75) is 19.0 Å². The van der Waals surface area contributed by atoms with E-state index in [9.17, 15) is 22.8 Å². The zero-order valence-corrected chi connectivity index (χ0v) is 15.7. The monoisotopic (exact) mass is 413 g/mol. The Bertz CT molecular complexity index is 792. The molecule has 0 spiro atoms. The van der Waals surface area contributed by atoms with Crippen LogP contribution in [0.3, 0.4) is 0 Å². The first-order valence-corrected chi connectivity index (χ1v) is 9.31. The van der Waals surface area contributed by atoms with Gasteiger partial charge in [-0.25, -0.2) is 0 Å². The minimum absolute atomic E-state index is 0.102. The Morgan fingerprint density at radius 1 is 1.04 bits per heavy atom. The molecule has 2 aromatic carbocycles. The van der Waals surface area contributed by atoms with Gasteiger partial charge in [-0.1, -0.05) is 29.8 Å². The third kappa shape index (κ3) is 8.34. The molecule has 5 nitrogen and oxygen atoms in total. The number of aryl methyl sites for hydroxylation is 1. The van der Waals surface area contributed by atoms with Crippen molar-refractivity contribution in [3.05, 3.63) is 59.7 Å². The number of esters is 1. The number of hydrogen-bond donors (Lipinski definition) is 1. The Kier molecular flexibility index (Phi) is 7.74. The molecule has 0 aliphatic rings. The van der Waals surface area contributed by atoms with Crippen LogP contribution in [0.15, 0.2) is 48.5 Å². The molecule has 0 saturated carbocycles. The Hall–Kier alpha value is -2.68. The number of alkyl halides is 3. The molecule has 0 saturated heterocycles. The van der Waals surface area contributed by atoms with E-state index in [4.69, 9.17) is 4.74 Å². The minimum atomic E-state index is -4.78. The van der Waals surface area contributed by atoms with Crippen LogP contribution in [-0.4, -0.2) is 30.6 Å². The van der Waals surface area contributed by atoms with E-state index in [0.717, 1.165) is 23.3 Å². The molecular weight excluding hydrogens is 395 g/mol. The second-order valence-corrected chi connectivity index (χ2v) is 6.75. The van der Waals surface area contributed by atoms with Crippen LogP contribution in [0.5, 0.6) is 5.75 Å². The number of halogens is 3. The largest absolute Gasteiger partial charge is 0.573 e. The summed E-state index contributed by atoms with van der Waals surface area (Å²) >= 11 is 1.37. The Balaban J connectivity index is 1.67. The van der Waals surface area contributed by atoms with Crippen LogP contribution in [0.25, 0.3) is 0 Å². The molecular formula is C19H18F3NO4S. The van der Waals surface area contributed by atoms with Gasteiger partial charge in [0.2, 0.25) is 0 Å². The molecule has 0 bridgehead atoms. The van der Waals surface area contributed by atoms with E-state index >= 15 is 0 Å². The topological polar surface area (TPSA) is 64.6 Å². The van der Waals surface area contributed by atoms with E-state index in [2.05, 4.69) is 10.1 Å². The summed E-state index contributed by atoms with van der Waals surface area (Å²) in [6.07, 6.45) is -4.78. The number of ether oxygens (including phenoxy) is 2. The van der Waals surface area contributed by atoms with Gasteiger partial charge < -0.3 is 14.8 Å². The second-order valence-electron chi connectivity index (χ2n) is 5.76. The highest BCUT2D eigenvalue weighted by Gasteiger charge is 2.30. The van der Waals surface area contributed by atoms with Gasteiger partial charge in [0.25, 0.3) is 5.91 Å². The van der Waals surface area contributed by atoms with Crippen LogP contribution in [0, 0.1) is 6.92 Å². The van der Waals surface area contributed by atoms with Crippen molar-refractivity contribution in [1.29, 1.82) is 0 Å². The summed E-state index contributed by atoms with van der Waals surface area (Å²) in [7, 11) is 0. The summed E-state index contributed by atoms with van der Waals surface area (Å²) in [5.41, 5.74) is 2.49. The van der Waals surface area contributed by atoms with Crippen molar-refractivity contribution in [2.75, 3.05) is 17.7 Å². The van der Waals surface area contributed by atoms with E-state index < -0.39 is 30.6 Å². The van der Waals surface area contributed by atoms with Crippen molar-refractivity contribution < 1.29 is 32.2 Å². The molecule has 0 atom stereocenters. The zero-order valence-electron chi connectivity index (χ0n) is 14.9. The molecule has 1 N–H and O–H groups in total. The van der Waals surface area contributed by atoms with Crippen LogP contribution in [-0.2, 0) is 20.1 Å². The van der Waals surface area contributed by atoms with Crippen molar-refractivity contribution >= 4 is 29.3 Å². The number of carbonyl (C=O) groups is 2. The number of anilines is 1. The first kappa shape index (κ1) is 21.6. The molecule has 0 fully saturated rings. The maximum Gasteiger partial charge on any atom is 0.573 e. The van der Waals surface area contributed by atoms with Gasteiger partial charge in [-0.3, -0.25) is 9.59 Å². The van der Waals surface area contributed by atoms with Crippen molar-refractivity contribution in [3.63, 3.8) is 0 Å². The predicted molar refractivity (Wildman–Crippen MR) is 100 cm³/mol. The molecule has 0 aliphatic heterocycles. The number of rotatable bonds is 8. The van der Waals surface area contributed by atoms with E-state index in [1.807, 2.05) is 31.2 Å². The number of hydrogen-bond acceptors (Lipinski definition) is 5. The standard InChI is InChI=1S/C19H18F3NO4S/c1-13-2-4-14(5-3-13)11-28-12-18(25)26-10-17(24)23-15-6-8-16(9-7-15)27-19(20,21)22/h2-9H,10-12H2,1H3,(H,23,24). The molecule has 2 rings (SSSR count). The third-order valence-electron chi connectivity index (χ3n) is 3.35. The highest BCUT2D eigenvalue weighted by atomic mass is 32.2. The number of nitrogens with one attached hydrogen (secondary N) is 1. The molecule has 1 amide bonds. The van der Waals surface area contributed by atoms with E-state index in [1.165, 1.54) is 23.9 Å². The summed E-state index contributed by atoms with van der Waals surface area (Å²) in [6.45, 7) is 1.51. The van der Waals surface area contributed by atoms with Crippen LogP contribution >= 0.6 is 11.8 Å². The summed E-state index contributed by atoms with van der Waals surface area (Å²) < 4.78 is 44.9. The van der Waals surface area contributed by atoms with Crippen LogP contribution < -0.4 is 10.1 Å². The molecule has 0 aliphatic carbocycles. The van der Waals surface area contributed by atoms with E-state index in [0.29, 0.717) is 5.75 Å². The quantitative estimate of drug-likeness (QED) is 0.654. The molecule has 2 aromatic rings. The van der Waals surface area contributed by atoms with Crippen molar-refractivity contribution in [3.8, 4) is 5.75 Å². The van der Waals surface area contributed by atoms with Gasteiger partial charge in [0.15, 0.2) is 6.61 Å². The number of carbonyl (C=O) groups excluding carboxylic acids is 2. The summed E-state index contributed by atoms with van der Waals surface area (Å²) in [5.74, 6) is -0.774. The Morgan fingerprint density at radius 3 is 2.29 bits per heavy atom. The van der Waals surface area contributed by atoms with Gasteiger partial charge in [-0.05, 0) is 36.8 Å². The first-order valence-electron chi connectivity index (χ1n) is 8.16. The lowest BCUT2D eigenvalue weighted by molar-refractivity contribution is -0.274. The van der Waals surface area contributed by atoms with Crippen LogP contribution in [0.4, 0.5) is 18.9 Å². The highest BCUT2D eigenvalue weighted by molar-refractivity contribution is 7.99. The molecule has 0 unspecified atom stereocenters. The van der Waals surface area contributed by atoms with Gasteiger partial charge in [0.1, 0.15) is 5.75 Å². The number of benzene rings is 2. The smallest absolute Gasteiger partial charge is 0.455 e. The molecule has 0 radical (unpaired) electrons. The summed E-state index contributed by atoms with van der Waals surface area (Å²) in [6, 6.07) is 12.6. The third-order valence-corrected chi connectivity index (χ3v) is 4.32. The maximum absolute atomic E-state index is 12.1. The Labute approximate surface area is 164 Å². The van der Waals surface area contributed by atoms with Crippen LogP contribution in [0.1, 0.15) is 11.1 Å². The molecule has 9 heteroatoms. The highest BCUT2D eigenvalue weighted by Crippen LogP contribution is 2.23. The lowest BCUT2D eigenvalue weighted by atomic mass is 10.2. The van der Waals surface area contributed by atoms with E-state index in [-0.39, 0.29) is 11.4 Å². The summed E-state index contributed by atoms with van der Waals surface area (Å²) in [5, 5.41) is 2.41. The fraction of sp³-hybridized carbons (Fsp3) is 0.263. The second kappa shape index (κ2) is 10.0. The number of thioether (sulfide) groups is 1. The molecule has 0 aromatic heterocycles. The van der Waals surface area contributed by atoms with Crippen molar-refractivity contribution in [2.24, 2.45) is 0 Å². The maximum atomic E-state index is 12.1. The van der Waals surface area contributed by atoms with Gasteiger partial charge >= 0.3 is 12.3 Å². The number of amides is 1. The van der Waals surface area contributed by atoms with Gasteiger partial charge in [-0.15, -0.1) is 24.9 Å². The van der Waals surface area contributed by atoms with Gasteiger partial charge in [0.05, 0.1) is 5.75 Å². The minimum Gasteiger partial charge on any atom is -0.455 e. The lowest BCUT2D eigenvalue weighted by Crippen LogP contribution is -2.21. The van der Waals surface area contributed by atoms with Crippen molar-refractivity contribution in [1.82, 2.24) is 0 Å². The summed E-state index contributed by atoms with van der Waals surface area (Å²) in [4.78, 5) is 23.4. The average molecular weight is 413 g/mol. The Morgan fingerprint density at radius 2 is 1.68 bits per heavy atom. The van der Waals surface area contributed by atoms with E-state index in [1.54, 1.807) is 0 Å². The van der Waals surface area contributed by atoms with Gasteiger partial charge in [0, 0.05) is 11.4 Å². The molecule has 150 valence electrons. The normalized spacial score (nSPS) is 11.0. The molecule has 0 heterocycles. The van der Waals surface area contributed by atoms with Crippen LogP contribution in [0.2, 0.25) is 0 Å². The average Bonchev–Trinajstić information content (AvgIpc) is 2.62. The first-order chi connectivity index (χ1) is 13.2. The van der Waals surface area contributed by atoms with Gasteiger partial charge in [-0.2, -0.15) is 0 Å². The lowest BCUT2D eigenvalue weighted by Gasteiger charge is -2.10.